The van der Waals surface area contributed by atoms with Crippen molar-refractivity contribution in [3.8, 4) is 0 Å². The molecule has 17 heavy (non-hydrogen) atoms. The molecule has 0 aliphatic rings. The average molecular weight is 294 g/mol. The molecule has 2 aromatic rings. The molecule has 2 rings (SSSR count). The Kier molecular flexibility index (Phi) is 10.5. The first-order valence-corrected chi connectivity index (χ1v) is 5.26. The van der Waals surface area contributed by atoms with Crippen molar-refractivity contribution < 1.29 is 34.0 Å². The van der Waals surface area contributed by atoms with Crippen LogP contribution >= 0.6 is 0 Å². The van der Waals surface area contributed by atoms with Gasteiger partial charge in [-0.05, 0) is 0 Å². The van der Waals surface area contributed by atoms with Crippen LogP contribution in [0.5, 0.6) is 0 Å². The van der Waals surface area contributed by atoms with E-state index in [-0.39, 0.29) is 29.5 Å². The van der Waals surface area contributed by atoms with E-state index in [4.69, 9.17) is 0 Å². The van der Waals surface area contributed by atoms with Gasteiger partial charge in [-0.1, -0.05) is 0 Å². The molecule has 0 N–H and O–H groups in total. The molecule has 0 atom stereocenters. The molecule has 0 saturated heterocycles. The molecule has 0 amide bonds. The van der Waals surface area contributed by atoms with Gasteiger partial charge in [0.1, 0.15) is 0 Å². The van der Waals surface area contributed by atoms with E-state index in [0.29, 0.717) is 0 Å². The third-order valence-corrected chi connectivity index (χ3v) is 1.94. The fourth-order valence-electron chi connectivity index (χ4n) is 1.39. The topological polar surface area (TPSA) is 0 Å². The molecular formula is C14H20ClFeN. The van der Waals surface area contributed by atoms with Crippen LogP contribution < -0.4 is 12.4 Å². The van der Waals surface area contributed by atoms with Crippen LogP contribution in [0.3, 0.4) is 0 Å². The van der Waals surface area contributed by atoms with Gasteiger partial charge in [0, 0.05) is 0 Å². The number of halogens is 1. The molecule has 0 radical (unpaired) electrons. The van der Waals surface area contributed by atoms with E-state index in [1.165, 1.54) is 5.56 Å². The van der Waals surface area contributed by atoms with E-state index in [0.717, 1.165) is 11.0 Å². The molecule has 96 valence electrons. The summed E-state index contributed by atoms with van der Waals surface area (Å²) in [7, 11) is 6.60. The predicted molar refractivity (Wildman–Crippen MR) is 65.8 cm³/mol. The summed E-state index contributed by atoms with van der Waals surface area (Å²) in [5.74, 6) is 0. The SMILES string of the molecule is C[N+](C)(C)C[c-]1cccc1.[Cl-].[Fe+2].c1cc[cH-]c1. The van der Waals surface area contributed by atoms with Crippen LogP contribution in [0.15, 0.2) is 54.6 Å². The molecule has 0 bridgehead atoms. The summed E-state index contributed by atoms with van der Waals surface area (Å²) in [6, 6.07) is 18.5. The number of quaternary nitrogens is 1. The van der Waals surface area contributed by atoms with Crippen LogP contribution in [0.25, 0.3) is 0 Å². The molecule has 1 nitrogen and oxygen atoms in total. The molecule has 0 saturated carbocycles. The normalized spacial score (nSPS) is 9.35. The fraction of sp³-hybridized carbons (Fsp3) is 0.286. The number of hydrogen-bond acceptors (Lipinski definition) is 0. The summed E-state index contributed by atoms with van der Waals surface area (Å²) in [5, 5.41) is 0. The molecular weight excluding hydrogens is 273 g/mol. The minimum Gasteiger partial charge on any atom is -1.00 e. The van der Waals surface area contributed by atoms with Gasteiger partial charge >= 0.3 is 17.1 Å². The first-order chi connectivity index (χ1) is 7.08. The molecule has 2 aromatic carbocycles. The summed E-state index contributed by atoms with van der Waals surface area (Å²) >= 11 is 0. The Balaban J connectivity index is 0. The zero-order valence-electron chi connectivity index (χ0n) is 10.6. The maximum atomic E-state index is 2.20. The van der Waals surface area contributed by atoms with Gasteiger partial charge in [-0.3, -0.25) is 0 Å². The standard InChI is InChI=1S/C9H15N.C5H5.ClH.Fe/c1-10(2,3)8-9-6-4-5-7-9;1-2-4-5-3-1;;/h4-7H,8H2,1-3H3;1-5H;1H;/q;-1;;+2/p-1. The van der Waals surface area contributed by atoms with E-state index in [2.05, 4.69) is 45.4 Å². The summed E-state index contributed by atoms with van der Waals surface area (Å²) in [4.78, 5) is 0. The second kappa shape index (κ2) is 9.49. The van der Waals surface area contributed by atoms with E-state index >= 15 is 0 Å². The molecule has 3 heteroatoms. The van der Waals surface area contributed by atoms with Crippen molar-refractivity contribution in [2.45, 2.75) is 6.54 Å². The quantitative estimate of drug-likeness (QED) is 0.416. The zero-order chi connectivity index (χ0) is 11.1. The Morgan fingerprint density at radius 3 is 1.71 bits per heavy atom. The Bertz CT molecular complexity index is 315. The van der Waals surface area contributed by atoms with E-state index in [9.17, 15) is 0 Å². The van der Waals surface area contributed by atoms with Crippen LogP contribution in [0.1, 0.15) is 5.56 Å². The smallest absolute Gasteiger partial charge is 1.00 e. The van der Waals surface area contributed by atoms with Gasteiger partial charge in [-0.2, -0.15) is 30.3 Å². The van der Waals surface area contributed by atoms with Crippen molar-refractivity contribution in [2.24, 2.45) is 0 Å². The van der Waals surface area contributed by atoms with Crippen molar-refractivity contribution in [1.82, 2.24) is 0 Å². The molecule has 0 unspecified atom stereocenters. The monoisotopic (exact) mass is 293 g/mol. The fourth-order valence-corrected chi connectivity index (χ4v) is 1.39. The Morgan fingerprint density at radius 2 is 1.41 bits per heavy atom. The average Bonchev–Trinajstić information content (AvgIpc) is 2.71. The molecule has 0 fully saturated rings. The number of hydrogen-bond donors (Lipinski definition) is 0. The van der Waals surface area contributed by atoms with Gasteiger partial charge < -0.3 is 16.9 Å². The van der Waals surface area contributed by atoms with Gasteiger partial charge in [0.2, 0.25) is 0 Å². The van der Waals surface area contributed by atoms with E-state index in [1.807, 2.05) is 30.3 Å². The minimum atomic E-state index is 0. The van der Waals surface area contributed by atoms with Gasteiger partial charge in [0.25, 0.3) is 0 Å². The Morgan fingerprint density at radius 1 is 0.941 bits per heavy atom. The minimum absolute atomic E-state index is 0. The summed E-state index contributed by atoms with van der Waals surface area (Å²) in [6.45, 7) is 1.12. The summed E-state index contributed by atoms with van der Waals surface area (Å²) < 4.78 is 1.00. The maximum Gasteiger partial charge on any atom is 2.00 e. The Labute approximate surface area is 122 Å². The van der Waals surface area contributed by atoms with Crippen LogP contribution in [0.4, 0.5) is 0 Å². The molecule has 0 aliphatic heterocycles. The van der Waals surface area contributed by atoms with Crippen LogP contribution in [0, 0.1) is 0 Å². The van der Waals surface area contributed by atoms with Gasteiger partial charge in [-0.15, -0.1) is 5.56 Å². The summed E-state index contributed by atoms with van der Waals surface area (Å²) in [6.07, 6.45) is 0. The number of nitrogens with zero attached hydrogens (tertiary/aromatic N) is 1. The first kappa shape index (κ1) is 18.8. The van der Waals surface area contributed by atoms with Crippen molar-refractivity contribution in [1.29, 1.82) is 0 Å². The number of rotatable bonds is 2. The van der Waals surface area contributed by atoms with Crippen LogP contribution in [-0.4, -0.2) is 25.6 Å². The van der Waals surface area contributed by atoms with E-state index < -0.39 is 0 Å². The third kappa shape index (κ3) is 10.3. The molecule has 0 spiro atoms. The molecule has 0 aromatic heterocycles. The second-order valence-electron chi connectivity index (χ2n) is 4.70. The van der Waals surface area contributed by atoms with Gasteiger partial charge in [0.05, 0.1) is 27.7 Å². The van der Waals surface area contributed by atoms with Crippen molar-refractivity contribution in [2.75, 3.05) is 21.1 Å². The maximum absolute atomic E-state index is 2.20. The van der Waals surface area contributed by atoms with Gasteiger partial charge in [0.15, 0.2) is 0 Å². The van der Waals surface area contributed by atoms with Crippen molar-refractivity contribution >= 4 is 0 Å². The predicted octanol–water partition coefficient (Wildman–Crippen LogP) is 0.0187. The molecule has 0 aliphatic carbocycles. The third-order valence-electron chi connectivity index (χ3n) is 1.94. The zero-order valence-corrected chi connectivity index (χ0v) is 12.4. The Hall–Kier alpha value is -0.531. The van der Waals surface area contributed by atoms with Crippen LogP contribution in [-0.2, 0) is 23.6 Å². The van der Waals surface area contributed by atoms with Crippen molar-refractivity contribution in [3.63, 3.8) is 0 Å². The summed E-state index contributed by atoms with van der Waals surface area (Å²) in [5.41, 5.74) is 1.42. The van der Waals surface area contributed by atoms with Crippen molar-refractivity contribution in [3.05, 3.63) is 60.2 Å². The van der Waals surface area contributed by atoms with Gasteiger partial charge in [-0.25, -0.2) is 24.3 Å². The van der Waals surface area contributed by atoms with Crippen LogP contribution in [0.2, 0.25) is 0 Å². The second-order valence-corrected chi connectivity index (χ2v) is 4.70. The first-order valence-electron chi connectivity index (χ1n) is 5.26. The largest absolute Gasteiger partial charge is 2.00 e. The molecule has 0 heterocycles. The van der Waals surface area contributed by atoms with E-state index in [1.54, 1.807) is 0 Å².